The van der Waals surface area contributed by atoms with Gasteiger partial charge in [0.2, 0.25) is 0 Å². The molecule has 1 aliphatic carbocycles. The van der Waals surface area contributed by atoms with Crippen molar-refractivity contribution in [1.82, 2.24) is 24.8 Å². The Balaban J connectivity index is 1.45. The summed E-state index contributed by atoms with van der Waals surface area (Å²) in [6.45, 7) is 1.43. The van der Waals surface area contributed by atoms with Crippen molar-refractivity contribution in [2.45, 2.75) is 38.5 Å². The minimum Gasteiger partial charge on any atom is -0.338 e. The summed E-state index contributed by atoms with van der Waals surface area (Å²) in [6, 6.07) is 5.82. The van der Waals surface area contributed by atoms with Gasteiger partial charge in [0.25, 0.3) is 0 Å². The zero-order valence-corrected chi connectivity index (χ0v) is 13.7. The molecule has 0 bridgehead atoms. The fourth-order valence-electron chi connectivity index (χ4n) is 3.32. The van der Waals surface area contributed by atoms with E-state index in [-0.39, 0.29) is 6.03 Å². The highest BCUT2D eigenvalue weighted by atomic mass is 16.2. The lowest BCUT2D eigenvalue weighted by atomic mass is 9.89. The molecule has 0 unspecified atom stereocenters. The number of hydrogen-bond acceptors (Lipinski definition) is 3. The number of fused-ring (bicyclic) bond motifs is 1. The van der Waals surface area contributed by atoms with Crippen molar-refractivity contribution in [3.8, 4) is 0 Å². The Morgan fingerprint density at radius 2 is 2.13 bits per heavy atom. The minimum atomic E-state index is 0.00407. The molecule has 2 aromatic heterocycles. The van der Waals surface area contributed by atoms with E-state index < -0.39 is 0 Å². The molecule has 0 aromatic carbocycles. The van der Waals surface area contributed by atoms with E-state index in [0.717, 1.165) is 18.0 Å². The smallest absolute Gasteiger partial charge is 0.317 e. The number of carbonyl (C=O) groups excluding carboxylic acids is 1. The maximum atomic E-state index is 12.2. The average molecular weight is 315 g/mol. The van der Waals surface area contributed by atoms with Crippen LogP contribution >= 0.6 is 0 Å². The van der Waals surface area contributed by atoms with Crippen LogP contribution in [0, 0.1) is 5.92 Å². The molecule has 6 nitrogen and oxygen atoms in total. The molecule has 23 heavy (non-hydrogen) atoms. The largest absolute Gasteiger partial charge is 0.338 e. The van der Waals surface area contributed by atoms with Crippen LogP contribution < -0.4 is 5.32 Å². The lowest BCUT2D eigenvalue weighted by molar-refractivity contribution is 0.192. The van der Waals surface area contributed by atoms with Gasteiger partial charge in [-0.1, -0.05) is 25.3 Å². The van der Waals surface area contributed by atoms with Crippen molar-refractivity contribution in [1.29, 1.82) is 0 Å². The molecule has 2 amide bonds. The van der Waals surface area contributed by atoms with Crippen LogP contribution in [0.4, 0.5) is 4.79 Å². The topological polar surface area (TPSA) is 62.5 Å². The molecule has 0 spiro atoms. The van der Waals surface area contributed by atoms with Crippen LogP contribution in [0.25, 0.3) is 5.65 Å². The van der Waals surface area contributed by atoms with Gasteiger partial charge in [0.15, 0.2) is 5.65 Å². The van der Waals surface area contributed by atoms with Crippen LogP contribution in [-0.2, 0) is 6.42 Å². The van der Waals surface area contributed by atoms with Gasteiger partial charge in [-0.05, 0) is 30.9 Å². The monoisotopic (exact) mass is 315 g/mol. The summed E-state index contributed by atoms with van der Waals surface area (Å²) >= 11 is 0. The molecule has 1 aliphatic rings. The van der Waals surface area contributed by atoms with Crippen LogP contribution in [0.1, 0.15) is 37.9 Å². The molecular formula is C17H25N5O. The predicted octanol–water partition coefficient (Wildman–Crippen LogP) is 2.49. The van der Waals surface area contributed by atoms with Gasteiger partial charge in [0.1, 0.15) is 5.82 Å². The first-order valence-electron chi connectivity index (χ1n) is 8.51. The molecule has 0 aliphatic heterocycles. The van der Waals surface area contributed by atoms with Crippen molar-refractivity contribution < 1.29 is 4.79 Å². The third-order valence-corrected chi connectivity index (χ3v) is 4.61. The SMILES string of the molecule is CN(CC1CCCCC1)C(=O)NCCc1nnc2ccccn12. The maximum Gasteiger partial charge on any atom is 0.317 e. The Hall–Kier alpha value is -2.11. The van der Waals surface area contributed by atoms with Gasteiger partial charge in [-0.3, -0.25) is 4.40 Å². The fourth-order valence-corrected chi connectivity index (χ4v) is 3.32. The number of rotatable bonds is 5. The average Bonchev–Trinajstić information content (AvgIpc) is 2.99. The van der Waals surface area contributed by atoms with Gasteiger partial charge in [0, 0.05) is 32.8 Å². The van der Waals surface area contributed by atoms with E-state index in [0.29, 0.717) is 18.9 Å². The molecule has 0 atom stereocenters. The van der Waals surface area contributed by atoms with Crippen molar-refractivity contribution in [3.63, 3.8) is 0 Å². The zero-order valence-electron chi connectivity index (χ0n) is 13.7. The van der Waals surface area contributed by atoms with Gasteiger partial charge in [-0.25, -0.2) is 4.79 Å². The number of nitrogens with zero attached hydrogens (tertiary/aromatic N) is 4. The van der Waals surface area contributed by atoms with Gasteiger partial charge >= 0.3 is 6.03 Å². The molecule has 0 saturated heterocycles. The summed E-state index contributed by atoms with van der Waals surface area (Å²) in [5.74, 6) is 1.54. The van der Waals surface area contributed by atoms with Gasteiger partial charge < -0.3 is 10.2 Å². The number of pyridine rings is 1. The van der Waals surface area contributed by atoms with E-state index in [4.69, 9.17) is 0 Å². The number of carbonyl (C=O) groups is 1. The second kappa shape index (κ2) is 7.44. The Labute approximate surface area is 136 Å². The van der Waals surface area contributed by atoms with Crippen LogP contribution in [0.2, 0.25) is 0 Å². The highest BCUT2D eigenvalue weighted by Crippen LogP contribution is 2.24. The van der Waals surface area contributed by atoms with E-state index in [1.807, 2.05) is 40.7 Å². The molecule has 124 valence electrons. The standard InChI is InChI=1S/C17H25N5O/c1-21(13-14-7-3-2-4-8-14)17(23)18-11-10-16-20-19-15-9-5-6-12-22(15)16/h5-6,9,12,14H,2-4,7-8,10-11,13H2,1H3,(H,18,23). The first kappa shape index (κ1) is 15.8. The van der Waals surface area contributed by atoms with Crippen molar-refractivity contribution >= 4 is 11.7 Å². The molecule has 0 radical (unpaired) electrons. The molecule has 2 aromatic rings. The summed E-state index contributed by atoms with van der Waals surface area (Å²) in [5.41, 5.74) is 0.836. The fraction of sp³-hybridized carbons (Fsp3) is 0.588. The van der Waals surface area contributed by atoms with E-state index in [1.165, 1.54) is 32.1 Å². The van der Waals surface area contributed by atoms with Crippen LogP contribution in [0.5, 0.6) is 0 Å². The molecule has 6 heteroatoms. The van der Waals surface area contributed by atoms with Crippen molar-refractivity contribution in [2.75, 3.05) is 20.1 Å². The zero-order chi connectivity index (χ0) is 16.1. The molecule has 1 N–H and O–H groups in total. The Bertz CT molecular complexity index is 647. The number of urea groups is 1. The number of aromatic nitrogens is 3. The molecule has 2 heterocycles. The summed E-state index contributed by atoms with van der Waals surface area (Å²) in [4.78, 5) is 14.0. The van der Waals surface area contributed by atoms with E-state index >= 15 is 0 Å². The maximum absolute atomic E-state index is 12.2. The molecule has 1 fully saturated rings. The third kappa shape index (κ3) is 4.00. The Kier molecular flexibility index (Phi) is 5.10. The van der Waals surface area contributed by atoms with E-state index in [1.54, 1.807) is 0 Å². The lowest BCUT2D eigenvalue weighted by Gasteiger charge is -2.27. The van der Waals surface area contributed by atoms with Crippen molar-refractivity contribution in [2.24, 2.45) is 5.92 Å². The highest BCUT2D eigenvalue weighted by Gasteiger charge is 2.18. The Morgan fingerprint density at radius 1 is 1.30 bits per heavy atom. The number of hydrogen-bond donors (Lipinski definition) is 1. The Morgan fingerprint density at radius 3 is 2.96 bits per heavy atom. The summed E-state index contributed by atoms with van der Waals surface area (Å²) in [6.07, 6.45) is 9.08. The quantitative estimate of drug-likeness (QED) is 0.922. The summed E-state index contributed by atoms with van der Waals surface area (Å²) in [7, 11) is 1.89. The summed E-state index contributed by atoms with van der Waals surface area (Å²) < 4.78 is 1.96. The number of amides is 2. The predicted molar refractivity (Wildman–Crippen MR) is 89.3 cm³/mol. The van der Waals surface area contributed by atoms with E-state index in [9.17, 15) is 4.79 Å². The molecular weight excluding hydrogens is 290 g/mol. The van der Waals surface area contributed by atoms with Crippen LogP contribution in [0.3, 0.4) is 0 Å². The van der Waals surface area contributed by atoms with Crippen LogP contribution in [0.15, 0.2) is 24.4 Å². The molecule has 3 rings (SSSR count). The van der Waals surface area contributed by atoms with Gasteiger partial charge in [0.05, 0.1) is 0 Å². The minimum absolute atomic E-state index is 0.00407. The lowest BCUT2D eigenvalue weighted by Crippen LogP contribution is -2.41. The highest BCUT2D eigenvalue weighted by molar-refractivity contribution is 5.73. The molecule has 1 saturated carbocycles. The van der Waals surface area contributed by atoms with E-state index in [2.05, 4.69) is 15.5 Å². The normalized spacial score (nSPS) is 15.7. The second-order valence-corrected chi connectivity index (χ2v) is 6.41. The van der Waals surface area contributed by atoms with Crippen LogP contribution in [-0.4, -0.2) is 45.7 Å². The third-order valence-electron chi connectivity index (χ3n) is 4.61. The second-order valence-electron chi connectivity index (χ2n) is 6.41. The van der Waals surface area contributed by atoms with Crippen molar-refractivity contribution in [3.05, 3.63) is 30.2 Å². The van der Waals surface area contributed by atoms with Gasteiger partial charge in [-0.2, -0.15) is 0 Å². The van der Waals surface area contributed by atoms with Gasteiger partial charge in [-0.15, -0.1) is 10.2 Å². The number of nitrogens with one attached hydrogen (secondary N) is 1. The summed E-state index contributed by atoms with van der Waals surface area (Å²) in [5, 5.41) is 11.3. The first-order chi connectivity index (χ1) is 11.2. The first-order valence-corrected chi connectivity index (χ1v) is 8.51.